The maximum absolute atomic E-state index is 12.7. The SMILES string of the molecule is CCOC(=O)[C@@H]1C(=O)C=C(Nc2cccc(C(F)(F)F)c2)C[C@H]1C. The second-order valence-corrected chi connectivity index (χ2v) is 5.69. The molecule has 0 unspecified atom stereocenters. The molecule has 1 N–H and O–H groups in total. The lowest BCUT2D eigenvalue weighted by atomic mass is 9.82. The number of ether oxygens (including phenoxy) is 1. The van der Waals surface area contributed by atoms with E-state index in [1.54, 1.807) is 13.8 Å². The molecule has 2 atom stereocenters. The van der Waals surface area contributed by atoms with Crippen molar-refractivity contribution in [2.24, 2.45) is 11.8 Å². The molecular formula is C17H18F3NO3. The second-order valence-electron chi connectivity index (χ2n) is 5.69. The number of carbonyl (C=O) groups excluding carboxylic acids is 2. The minimum atomic E-state index is -4.43. The molecule has 0 bridgehead atoms. The number of anilines is 1. The summed E-state index contributed by atoms with van der Waals surface area (Å²) in [6.07, 6.45) is -2.80. The molecule has 0 aliphatic heterocycles. The fraction of sp³-hybridized carbons (Fsp3) is 0.412. The lowest BCUT2D eigenvalue weighted by Gasteiger charge is -2.26. The highest BCUT2D eigenvalue weighted by atomic mass is 19.4. The van der Waals surface area contributed by atoms with Crippen molar-refractivity contribution in [2.45, 2.75) is 26.4 Å². The van der Waals surface area contributed by atoms with Gasteiger partial charge in [-0.25, -0.2) is 0 Å². The second kappa shape index (κ2) is 7.07. The molecule has 0 fully saturated rings. The van der Waals surface area contributed by atoms with Crippen LogP contribution in [0.25, 0.3) is 0 Å². The quantitative estimate of drug-likeness (QED) is 0.669. The number of alkyl halides is 3. The Morgan fingerprint density at radius 2 is 2.08 bits per heavy atom. The minimum absolute atomic E-state index is 0.189. The van der Waals surface area contributed by atoms with E-state index in [2.05, 4.69) is 5.32 Å². The number of hydrogen-bond donors (Lipinski definition) is 1. The van der Waals surface area contributed by atoms with Gasteiger partial charge >= 0.3 is 12.1 Å². The summed E-state index contributed by atoms with van der Waals surface area (Å²) in [5.74, 6) is -2.13. The largest absolute Gasteiger partial charge is 0.465 e. The molecule has 7 heteroatoms. The van der Waals surface area contributed by atoms with Crippen LogP contribution in [0.5, 0.6) is 0 Å². The van der Waals surface area contributed by atoms with Crippen LogP contribution in [0, 0.1) is 11.8 Å². The van der Waals surface area contributed by atoms with Crippen LogP contribution in [0.1, 0.15) is 25.8 Å². The number of nitrogens with one attached hydrogen (secondary N) is 1. The van der Waals surface area contributed by atoms with Gasteiger partial charge in [0.15, 0.2) is 5.78 Å². The predicted octanol–water partition coefficient (Wildman–Crippen LogP) is 3.79. The Morgan fingerprint density at radius 3 is 2.67 bits per heavy atom. The summed E-state index contributed by atoms with van der Waals surface area (Å²) in [6.45, 7) is 3.58. The highest BCUT2D eigenvalue weighted by molar-refractivity contribution is 6.06. The molecule has 0 radical (unpaired) electrons. The Morgan fingerprint density at radius 1 is 1.38 bits per heavy atom. The number of halogens is 3. The molecule has 0 heterocycles. The van der Waals surface area contributed by atoms with Gasteiger partial charge in [-0.1, -0.05) is 13.0 Å². The summed E-state index contributed by atoms with van der Waals surface area (Å²) in [5.41, 5.74) is -0.0503. The fourth-order valence-corrected chi connectivity index (χ4v) is 2.69. The van der Waals surface area contributed by atoms with E-state index in [1.807, 2.05) is 0 Å². The van der Waals surface area contributed by atoms with Gasteiger partial charge in [0.2, 0.25) is 0 Å². The average Bonchev–Trinajstić information content (AvgIpc) is 2.46. The number of ketones is 1. The van der Waals surface area contributed by atoms with E-state index in [0.29, 0.717) is 12.1 Å². The third-order valence-electron chi connectivity index (χ3n) is 3.77. The third kappa shape index (κ3) is 4.15. The van der Waals surface area contributed by atoms with E-state index in [4.69, 9.17) is 4.74 Å². The molecule has 0 spiro atoms. The van der Waals surface area contributed by atoms with Crippen molar-refractivity contribution in [1.29, 1.82) is 0 Å². The van der Waals surface area contributed by atoms with E-state index in [9.17, 15) is 22.8 Å². The van der Waals surface area contributed by atoms with Crippen molar-refractivity contribution >= 4 is 17.4 Å². The summed E-state index contributed by atoms with van der Waals surface area (Å²) in [6, 6.07) is 4.74. The first-order chi connectivity index (χ1) is 11.2. The fourth-order valence-electron chi connectivity index (χ4n) is 2.69. The Balaban J connectivity index is 2.16. The summed E-state index contributed by atoms with van der Waals surface area (Å²) in [5, 5.41) is 2.83. The van der Waals surface area contributed by atoms with Crippen LogP contribution in [0.2, 0.25) is 0 Å². The summed E-state index contributed by atoms with van der Waals surface area (Å²) in [7, 11) is 0. The standard InChI is InChI=1S/C17H18F3NO3/c1-3-24-16(23)15-10(2)7-13(9-14(15)22)21-12-6-4-5-11(8-12)17(18,19)20/h4-6,8-10,15,21H,3,7H2,1-2H3/t10-,15+/m1/s1. The Labute approximate surface area is 137 Å². The minimum Gasteiger partial charge on any atom is -0.465 e. The molecule has 2 rings (SSSR count). The zero-order valence-corrected chi connectivity index (χ0v) is 13.3. The highest BCUT2D eigenvalue weighted by Crippen LogP contribution is 2.32. The van der Waals surface area contributed by atoms with Crippen LogP contribution in [0.15, 0.2) is 36.0 Å². The van der Waals surface area contributed by atoms with Gasteiger partial charge in [-0.2, -0.15) is 13.2 Å². The van der Waals surface area contributed by atoms with E-state index >= 15 is 0 Å². The van der Waals surface area contributed by atoms with Crippen LogP contribution in [0.3, 0.4) is 0 Å². The van der Waals surface area contributed by atoms with Crippen molar-refractivity contribution in [2.75, 3.05) is 11.9 Å². The van der Waals surface area contributed by atoms with E-state index in [-0.39, 0.29) is 18.2 Å². The van der Waals surface area contributed by atoms with Gasteiger partial charge in [0.05, 0.1) is 12.2 Å². The molecule has 0 saturated heterocycles. The van der Waals surface area contributed by atoms with Crippen LogP contribution in [-0.4, -0.2) is 18.4 Å². The number of allylic oxidation sites excluding steroid dienone is 2. The van der Waals surface area contributed by atoms with Crippen LogP contribution in [-0.2, 0) is 20.5 Å². The van der Waals surface area contributed by atoms with Crippen molar-refractivity contribution in [3.63, 3.8) is 0 Å². The number of carbonyl (C=O) groups is 2. The monoisotopic (exact) mass is 341 g/mol. The average molecular weight is 341 g/mol. The molecular weight excluding hydrogens is 323 g/mol. The smallest absolute Gasteiger partial charge is 0.416 e. The Bertz CT molecular complexity index is 667. The van der Waals surface area contributed by atoms with Gasteiger partial charge in [0.25, 0.3) is 0 Å². The van der Waals surface area contributed by atoms with Crippen LogP contribution < -0.4 is 5.32 Å². The number of esters is 1. The zero-order valence-electron chi connectivity index (χ0n) is 13.3. The predicted molar refractivity (Wildman–Crippen MR) is 82.1 cm³/mol. The van der Waals surface area contributed by atoms with Gasteiger partial charge in [-0.3, -0.25) is 9.59 Å². The van der Waals surface area contributed by atoms with E-state index in [0.717, 1.165) is 12.1 Å². The maximum atomic E-state index is 12.7. The molecule has 130 valence electrons. The summed E-state index contributed by atoms with van der Waals surface area (Å²) < 4.78 is 43.1. The third-order valence-corrected chi connectivity index (χ3v) is 3.77. The van der Waals surface area contributed by atoms with Crippen molar-refractivity contribution in [3.05, 3.63) is 41.6 Å². The first-order valence-electron chi connectivity index (χ1n) is 7.57. The van der Waals surface area contributed by atoms with Gasteiger partial charge in [-0.05, 0) is 37.5 Å². The number of rotatable bonds is 4. The maximum Gasteiger partial charge on any atom is 0.416 e. The van der Waals surface area contributed by atoms with Gasteiger partial charge < -0.3 is 10.1 Å². The molecule has 1 aliphatic carbocycles. The molecule has 1 aromatic carbocycles. The molecule has 0 saturated carbocycles. The lowest BCUT2D eigenvalue weighted by Crippen LogP contribution is -2.35. The topological polar surface area (TPSA) is 55.4 Å². The number of benzene rings is 1. The lowest BCUT2D eigenvalue weighted by molar-refractivity contribution is -0.152. The van der Waals surface area contributed by atoms with Crippen molar-refractivity contribution in [3.8, 4) is 0 Å². The first-order valence-corrected chi connectivity index (χ1v) is 7.57. The normalized spacial score (nSPS) is 21.2. The van der Waals surface area contributed by atoms with Gasteiger partial charge in [-0.15, -0.1) is 0 Å². The Kier molecular flexibility index (Phi) is 5.31. The molecule has 4 nitrogen and oxygen atoms in total. The zero-order chi connectivity index (χ0) is 17.9. The molecule has 1 aromatic rings. The Hall–Kier alpha value is -2.31. The van der Waals surface area contributed by atoms with E-state index < -0.39 is 29.4 Å². The highest BCUT2D eigenvalue weighted by Gasteiger charge is 2.36. The van der Waals surface area contributed by atoms with E-state index in [1.165, 1.54) is 18.2 Å². The molecule has 0 amide bonds. The molecule has 0 aromatic heterocycles. The summed E-state index contributed by atoms with van der Waals surface area (Å²) in [4.78, 5) is 24.0. The van der Waals surface area contributed by atoms with Crippen LogP contribution >= 0.6 is 0 Å². The molecule has 24 heavy (non-hydrogen) atoms. The van der Waals surface area contributed by atoms with Crippen molar-refractivity contribution in [1.82, 2.24) is 0 Å². The van der Waals surface area contributed by atoms with Crippen LogP contribution in [0.4, 0.5) is 18.9 Å². The summed E-state index contributed by atoms with van der Waals surface area (Å²) >= 11 is 0. The van der Waals surface area contributed by atoms with Gasteiger partial charge in [0, 0.05) is 17.5 Å². The molecule has 1 aliphatic rings. The first kappa shape index (κ1) is 18.0. The van der Waals surface area contributed by atoms with Gasteiger partial charge in [0.1, 0.15) is 5.92 Å². The van der Waals surface area contributed by atoms with Crippen molar-refractivity contribution < 1.29 is 27.5 Å². The number of hydrogen-bond acceptors (Lipinski definition) is 4.